The molecule has 0 amide bonds. The quantitative estimate of drug-likeness (QED) is 0.473. The molecule has 0 bridgehead atoms. The number of guanidine groups is 1. The number of carbonyl (C=O) groups excluding carboxylic acids is 1. The van der Waals surface area contributed by atoms with Gasteiger partial charge in [-0.1, -0.05) is 41.9 Å². The zero-order valence-electron chi connectivity index (χ0n) is 14.4. The number of benzene rings is 2. The normalized spacial score (nSPS) is 11.1. The van der Waals surface area contributed by atoms with Crippen LogP contribution >= 0.6 is 11.6 Å². The largest absolute Gasteiger partial charge is 0.465 e. The SMILES string of the molecule is CN=C(NCCc1ccc(C(=O)OC)cc1)NCc1ccccc1Cl. The monoisotopic (exact) mass is 359 g/mol. The first-order chi connectivity index (χ1) is 12.1. The van der Waals surface area contributed by atoms with Crippen LogP contribution in [0.5, 0.6) is 0 Å². The van der Waals surface area contributed by atoms with Gasteiger partial charge in [-0.05, 0) is 35.7 Å². The van der Waals surface area contributed by atoms with E-state index in [9.17, 15) is 4.79 Å². The Morgan fingerprint density at radius 2 is 1.84 bits per heavy atom. The summed E-state index contributed by atoms with van der Waals surface area (Å²) in [7, 11) is 3.11. The van der Waals surface area contributed by atoms with Crippen LogP contribution in [-0.4, -0.2) is 32.6 Å². The molecule has 0 saturated carbocycles. The zero-order valence-corrected chi connectivity index (χ0v) is 15.1. The van der Waals surface area contributed by atoms with Gasteiger partial charge in [0.1, 0.15) is 0 Å². The van der Waals surface area contributed by atoms with Gasteiger partial charge in [0.25, 0.3) is 0 Å². The fourth-order valence-corrected chi connectivity index (χ4v) is 2.49. The maximum atomic E-state index is 11.4. The maximum Gasteiger partial charge on any atom is 0.337 e. The van der Waals surface area contributed by atoms with Crippen LogP contribution in [-0.2, 0) is 17.7 Å². The van der Waals surface area contributed by atoms with E-state index in [2.05, 4.69) is 15.6 Å². The molecular weight excluding hydrogens is 338 g/mol. The zero-order chi connectivity index (χ0) is 18.1. The Morgan fingerprint density at radius 3 is 2.48 bits per heavy atom. The molecule has 0 aromatic heterocycles. The minimum atomic E-state index is -0.325. The second-order valence-corrected chi connectivity index (χ2v) is 5.79. The number of methoxy groups -OCH3 is 1. The summed E-state index contributed by atoms with van der Waals surface area (Å²) < 4.78 is 4.69. The predicted molar refractivity (Wildman–Crippen MR) is 101 cm³/mol. The minimum Gasteiger partial charge on any atom is -0.465 e. The number of halogens is 1. The van der Waals surface area contributed by atoms with Crippen LogP contribution in [0.15, 0.2) is 53.5 Å². The van der Waals surface area contributed by atoms with Crippen molar-refractivity contribution in [3.63, 3.8) is 0 Å². The van der Waals surface area contributed by atoms with Gasteiger partial charge in [-0.15, -0.1) is 0 Å². The predicted octanol–water partition coefficient (Wildman–Crippen LogP) is 3.03. The van der Waals surface area contributed by atoms with Crippen LogP contribution in [0.1, 0.15) is 21.5 Å². The average Bonchev–Trinajstić information content (AvgIpc) is 2.65. The van der Waals surface area contributed by atoms with Crippen molar-refractivity contribution in [1.82, 2.24) is 10.6 Å². The van der Waals surface area contributed by atoms with Crippen molar-refractivity contribution in [2.75, 3.05) is 20.7 Å². The number of ether oxygens (including phenoxy) is 1. The van der Waals surface area contributed by atoms with Gasteiger partial charge in [-0.2, -0.15) is 0 Å². The van der Waals surface area contributed by atoms with Crippen molar-refractivity contribution >= 4 is 23.5 Å². The van der Waals surface area contributed by atoms with Gasteiger partial charge in [0, 0.05) is 25.2 Å². The summed E-state index contributed by atoms with van der Waals surface area (Å²) in [5, 5.41) is 7.23. The number of aliphatic imine (C=N–C) groups is 1. The molecule has 2 aromatic rings. The first kappa shape index (κ1) is 18.8. The second kappa shape index (κ2) is 9.69. The molecular formula is C19H22ClN3O2. The van der Waals surface area contributed by atoms with Crippen LogP contribution in [0.3, 0.4) is 0 Å². The van der Waals surface area contributed by atoms with Crippen LogP contribution in [0, 0.1) is 0 Å². The van der Waals surface area contributed by atoms with Gasteiger partial charge in [-0.3, -0.25) is 4.99 Å². The molecule has 0 unspecified atom stereocenters. The topological polar surface area (TPSA) is 62.7 Å². The van der Waals surface area contributed by atoms with Gasteiger partial charge in [-0.25, -0.2) is 4.79 Å². The van der Waals surface area contributed by atoms with Gasteiger partial charge in [0.15, 0.2) is 5.96 Å². The van der Waals surface area contributed by atoms with Crippen molar-refractivity contribution in [3.05, 3.63) is 70.2 Å². The van der Waals surface area contributed by atoms with E-state index in [0.29, 0.717) is 18.1 Å². The summed E-state index contributed by atoms with van der Waals surface area (Å²) in [6, 6.07) is 15.1. The number of hydrogen-bond donors (Lipinski definition) is 2. The molecule has 0 fully saturated rings. The first-order valence-corrected chi connectivity index (χ1v) is 8.37. The molecule has 0 aliphatic carbocycles. The minimum absolute atomic E-state index is 0.325. The lowest BCUT2D eigenvalue weighted by molar-refractivity contribution is 0.0600. The average molecular weight is 360 g/mol. The number of nitrogens with zero attached hydrogens (tertiary/aromatic N) is 1. The van der Waals surface area contributed by atoms with E-state index in [1.54, 1.807) is 19.2 Å². The highest BCUT2D eigenvalue weighted by Gasteiger charge is 2.05. The third-order valence-corrected chi connectivity index (χ3v) is 4.08. The van der Waals surface area contributed by atoms with E-state index >= 15 is 0 Å². The standard InChI is InChI=1S/C19H22ClN3O2/c1-21-19(23-13-16-5-3-4-6-17(16)20)22-12-11-14-7-9-15(10-8-14)18(24)25-2/h3-10H,11-13H2,1-2H3,(H2,21,22,23). The Hall–Kier alpha value is -2.53. The number of esters is 1. The van der Waals surface area contributed by atoms with Crippen molar-refractivity contribution in [2.24, 2.45) is 4.99 Å². The van der Waals surface area contributed by atoms with E-state index in [4.69, 9.17) is 16.3 Å². The van der Waals surface area contributed by atoms with Crippen molar-refractivity contribution < 1.29 is 9.53 Å². The van der Waals surface area contributed by atoms with E-state index < -0.39 is 0 Å². The van der Waals surface area contributed by atoms with E-state index in [0.717, 1.165) is 29.1 Å². The number of hydrogen-bond acceptors (Lipinski definition) is 3. The van der Waals surface area contributed by atoms with Crippen LogP contribution < -0.4 is 10.6 Å². The van der Waals surface area contributed by atoms with Gasteiger partial charge in [0.2, 0.25) is 0 Å². The Labute approximate surface area is 153 Å². The van der Waals surface area contributed by atoms with Crippen molar-refractivity contribution in [2.45, 2.75) is 13.0 Å². The lowest BCUT2D eigenvalue weighted by atomic mass is 10.1. The summed E-state index contributed by atoms with van der Waals surface area (Å²) in [5.41, 5.74) is 2.70. The maximum absolute atomic E-state index is 11.4. The molecule has 2 aromatic carbocycles. The Balaban J connectivity index is 1.79. The summed E-state index contributed by atoms with van der Waals surface area (Å²) >= 11 is 6.15. The fourth-order valence-electron chi connectivity index (χ4n) is 2.29. The first-order valence-electron chi connectivity index (χ1n) is 7.99. The molecule has 132 valence electrons. The summed E-state index contributed by atoms with van der Waals surface area (Å²) in [5.74, 6) is 0.389. The molecule has 25 heavy (non-hydrogen) atoms. The Bertz CT molecular complexity index is 730. The molecule has 0 atom stereocenters. The second-order valence-electron chi connectivity index (χ2n) is 5.38. The molecule has 0 radical (unpaired) electrons. The highest BCUT2D eigenvalue weighted by Crippen LogP contribution is 2.14. The summed E-state index contributed by atoms with van der Waals surface area (Å²) in [6.07, 6.45) is 0.814. The number of nitrogens with one attached hydrogen (secondary N) is 2. The van der Waals surface area contributed by atoms with Crippen LogP contribution in [0.4, 0.5) is 0 Å². The van der Waals surface area contributed by atoms with Gasteiger partial charge >= 0.3 is 5.97 Å². The number of rotatable bonds is 6. The molecule has 0 heterocycles. The van der Waals surface area contributed by atoms with Gasteiger partial charge in [0.05, 0.1) is 12.7 Å². The summed E-state index contributed by atoms with van der Waals surface area (Å²) in [4.78, 5) is 15.6. The molecule has 6 heteroatoms. The molecule has 0 aliphatic heterocycles. The molecule has 0 aliphatic rings. The van der Waals surface area contributed by atoms with Gasteiger partial charge < -0.3 is 15.4 Å². The van der Waals surface area contributed by atoms with Crippen LogP contribution in [0.2, 0.25) is 5.02 Å². The highest BCUT2D eigenvalue weighted by molar-refractivity contribution is 6.31. The molecule has 2 N–H and O–H groups in total. The van der Waals surface area contributed by atoms with E-state index in [-0.39, 0.29) is 5.97 Å². The van der Waals surface area contributed by atoms with Crippen molar-refractivity contribution in [1.29, 1.82) is 0 Å². The summed E-state index contributed by atoms with van der Waals surface area (Å²) in [6.45, 7) is 1.33. The number of carbonyl (C=O) groups is 1. The molecule has 0 spiro atoms. The lowest BCUT2D eigenvalue weighted by Gasteiger charge is -2.12. The fraction of sp³-hybridized carbons (Fsp3) is 0.263. The van der Waals surface area contributed by atoms with Crippen LogP contribution in [0.25, 0.3) is 0 Å². The third-order valence-electron chi connectivity index (χ3n) is 3.71. The van der Waals surface area contributed by atoms with E-state index in [1.165, 1.54) is 7.11 Å². The Kier molecular flexibility index (Phi) is 7.29. The molecule has 5 nitrogen and oxygen atoms in total. The smallest absolute Gasteiger partial charge is 0.337 e. The third kappa shape index (κ3) is 5.80. The Morgan fingerprint density at radius 1 is 1.12 bits per heavy atom. The van der Waals surface area contributed by atoms with E-state index in [1.807, 2.05) is 36.4 Å². The molecule has 2 rings (SSSR count). The highest BCUT2D eigenvalue weighted by atomic mass is 35.5. The molecule has 0 saturated heterocycles. The lowest BCUT2D eigenvalue weighted by Crippen LogP contribution is -2.37. The van der Waals surface area contributed by atoms with Crippen molar-refractivity contribution in [3.8, 4) is 0 Å².